The molecule has 2 aliphatic heterocycles. The summed E-state index contributed by atoms with van der Waals surface area (Å²) in [6.07, 6.45) is 0. The van der Waals surface area contributed by atoms with Gasteiger partial charge in [-0.05, 0) is 66.2 Å². The highest BCUT2D eigenvalue weighted by Crippen LogP contribution is 2.53. The van der Waals surface area contributed by atoms with Crippen molar-refractivity contribution in [2.24, 2.45) is 5.92 Å². The van der Waals surface area contributed by atoms with Gasteiger partial charge in [-0.3, -0.25) is 23.7 Å². The number of imide groups is 1. The molecular formula is C29H21BrFN3O5S2. The largest absolute Gasteiger partial charge is 0.497 e. The van der Waals surface area contributed by atoms with Gasteiger partial charge in [0, 0.05) is 21.0 Å². The summed E-state index contributed by atoms with van der Waals surface area (Å²) in [6, 6.07) is 19.4. The summed E-state index contributed by atoms with van der Waals surface area (Å²) in [7, 11) is 1.54. The molecular weight excluding hydrogens is 633 g/mol. The maximum Gasteiger partial charge on any atom is 0.308 e. The van der Waals surface area contributed by atoms with Crippen LogP contribution in [0, 0.1) is 11.7 Å². The zero-order chi connectivity index (χ0) is 28.8. The number of methoxy groups -OCH3 is 1. The van der Waals surface area contributed by atoms with E-state index in [9.17, 15) is 23.6 Å². The van der Waals surface area contributed by atoms with Crippen LogP contribution in [0.25, 0.3) is 0 Å². The van der Waals surface area contributed by atoms with Gasteiger partial charge < -0.3 is 10.1 Å². The molecule has 1 aromatic heterocycles. The van der Waals surface area contributed by atoms with Crippen LogP contribution >= 0.6 is 39.0 Å². The Morgan fingerprint density at radius 2 is 1.66 bits per heavy atom. The molecule has 0 spiro atoms. The first kappa shape index (κ1) is 27.4. The Morgan fingerprint density at radius 1 is 0.976 bits per heavy atom. The van der Waals surface area contributed by atoms with Crippen LogP contribution < -0.4 is 19.8 Å². The molecule has 208 valence electrons. The minimum Gasteiger partial charge on any atom is -0.497 e. The third kappa shape index (κ3) is 5.00. The maximum atomic E-state index is 13.9. The van der Waals surface area contributed by atoms with Crippen LogP contribution in [0.15, 0.2) is 87.1 Å². The van der Waals surface area contributed by atoms with Gasteiger partial charge >= 0.3 is 4.87 Å². The van der Waals surface area contributed by atoms with Gasteiger partial charge in [0.2, 0.25) is 17.7 Å². The molecule has 3 aromatic carbocycles. The highest BCUT2D eigenvalue weighted by molar-refractivity contribution is 9.10. The zero-order valence-electron chi connectivity index (χ0n) is 21.4. The fourth-order valence-corrected chi connectivity index (χ4v) is 8.19. The van der Waals surface area contributed by atoms with Crippen molar-refractivity contribution >= 4 is 68.1 Å². The molecule has 2 unspecified atom stereocenters. The van der Waals surface area contributed by atoms with E-state index in [-0.39, 0.29) is 17.3 Å². The monoisotopic (exact) mass is 653 g/mol. The molecule has 12 heteroatoms. The van der Waals surface area contributed by atoms with E-state index in [0.717, 1.165) is 27.6 Å². The Kier molecular flexibility index (Phi) is 7.30. The quantitative estimate of drug-likeness (QED) is 0.285. The molecule has 0 bridgehead atoms. The zero-order valence-corrected chi connectivity index (χ0v) is 24.6. The molecule has 41 heavy (non-hydrogen) atoms. The lowest BCUT2D eigenvalue weighted by Gasteiger charge is -2.30. The average molecular weight is 655 g/mol. The second-order valence-corrected chi connectivity index (χ2v) is 12.5. The summed E-state index contributed by atoms with van der Waals surface area (Å²) in [5, 5.41) is 2.40. The number of hydrogen-bond acceptors (Lipinski definition) is 7. The second-order valence-electron chi connectivity index (χ2n) is 9.48. The fourth-order valence-electron chi connectivity index (χ4n) is 5.15. The summed E-state index contributed by atoms with van der Waals surface area (Å²) in [5.74, 6) is -2.51. The van der Waals surface area contributed by atoms with E-state index in [1.165, 1.54) is 21.6 Å². The molecule has 1 N–H and O–H groups in total. The van der Waals surface area contributed by atoms with E-state index in [4.69, 9.17) is 4.74 Å². The van der Waals surface area contributed by atoms with E-state index >= 15 is 0 Å². The van der Waals surface area contributed by atoms with Crippen molar-refractivity contribution < 1.29 is 23.5 Å². The third-order valence-electron chi connectivity index (χ3n) is 7.04. The Labute approximate surface area is 250 Å². The third-order valence-corrected chi connectivity index (χ3v) is 10.2. The second kappa shape index (κ2) is 10.9. The summed E-state index contributed by atoms with van der Waals surface area (Å²) in [4.78, 5) is 55.2. The van der Waals surface area contributed by atoms with Crippen LogP contribution in [-0.2, 0) is 20.9 Å². The van der Waals surface area contributed by atoms with E-state index in [2.05, 4.69) is 21.2 Å². The van der Waals surface area contributed by atoms with Gasteiger partial charge in [0.25, 0.3) is 0 Å². The number of benzene rings is 3. The standard InChI is InChI=1S/C29H21BrFN3O5S2/c1-39-20-12-8-18(9-13-20)32-21(35)14-33-28-25(41-29(33)38)22(15-2-6-17(31)7-3-15)23-24(40-28)27(37)34(26(23)36)19-10-4-16(30)5-11-19/h2-13,22-24H,14H2,1H3,(H,32,35)/t22-,23?,24?/m0/s1. The molecule has 8 nitrogen and oxygen atoms in total. The Hall–Kier alpha value is -3.74. The fraction of sp³-hybridized carbons (Fsp3) is 0.172. The van der Waals surface area contributed by atoms with Crippen LogP contribution in [0.2, 0.25) is 0 Å². The Morgan fingerprint density at radius 3 is 2.32 bits per heavy atom. The predicted octanol–water partition coefficient (Wildman–Crippen LogP) is 5.25. The number of carbonyl (C=O) groups is 3. The van der Waals surface area contributed by atoms with E-state index in [0.29, 0.717) is 32.6 Å². The van der Waals surface area contributed by atoms with Gasteiger partial charge in [-0.15, -0.1) is 0 Å². The van der Waals surface area contributed by atoms with Crippen LogP contribution in [0.5, 0.6) is 5.75 Å². The lowest BCUT2D eigenvalue weighted by atomic mass is 9.83. The normalized spacial score (nSPS) is 19.6. The smallest absolute Gasteiger partial charge is 0.308 e. The molecule has 1 saturated heterocycles. The molecule has 0 aliphatic carbocycles. The Balaban J connectivity index is 1.38. The number of halogens is 2. The van der Waals surface area contributed by atoms with Crippen LogP contribution in [0.3, 0.4) is 0 Å². The summed E-state index contributed by atoms with van der Waals surface area (Å²) in [6.45, 7) is -0.282. The lowest BCUT2D eigenvalue weighted by Crippen LogP contribution is -2.33. The summed E-state index contributed by atoms with van der Waals surface area (Å²) < 4.78 is 21.2. The number of nitrogens with zero attached hydrogens (tertiary/aromatic N) is 2. The number of thiazole rings is 1. The Bertz CT molecular complexity index is 1720. The first-order valence-electron chi connectivity index (χ1n) is 12.5. The van der Waals surface area contributed by atoms with Crippen molar-refractivity contribution in [2.75, 3.05) is 17.3 Å². The number of thioether (sulfide) groups is 1. The minimum atomic E-state index is -0.835. The van der Waals surface area contributed by atoms with Crippen LogP contribution in [-0.4, -0.2) is 34.6 Å². The van der Waals surface area contributed by atoms with Crippen molar-refractivity contribution in [3.05, 3.63) is 103 Å². The predicted molar refractivity (Wildman–Crippen MR) is 158 cm³/mol. The summed E-state index contributed by atoms with van der Waals surface area (Å²) in [5.41, 5.74) is 1.58. The molecule has 6 rings (SSSR count). The number of rotatable bonds is 6. The molecule has 0 saturated carbocycles. The van der Waals surface area contributed by atoms with Crippen LogP contribution in [0.4, 0.5) is 15.8 Å². The van der Waals surface area contributed by atoms with Gasteiger partial charge in [0.15, 0.2) is 0 Å². The first-order chi connectivity index (χ1) is 19.7. The topological polar surface area (TPSA) is 97.7 Å². The van der Waals surface area contributed by atoms with Crippen molar-refractivity contribution in [2.45, 2.75) is 22.7 Å². The van der Waals surface area contributed by atoms with Crippen molar-refractivity contribution in [1.29, 1.82) is 0 Å². The highest BCUT2D eigenvalue weighted by Gasteiger charge is 2.56. The van der Waals surface area contributed by atoms with E-state index in [1.54, 1.807) is 67.8 Å². The van der Waals surface area contributed by atoms with Gasteiger partial charge in [-0.1, -0.05) is 51.2 Å². The van der Waals surface area contributed by atoms with Gasteiger partial charge in [-0.2, -0.15) is 0 Å². The lowest BCUT2D eigenvalue weighted by molar-refractivity contribution is -0.122. The molecule has 3 amide bonds. The first-order valence-corrected chi connectivity index (χ1v) is 15.0. The SMILES string of the molecule is COc1ccc(NC(=O)Cn2c3c(sc2=O)[C@@H](c2ccc(F)cc2)C2C(=O)N(c4ccc(Br)cc4)C(=O)C2S3)cc1. The number of anilines is 2. The van der Waals surface area contributed by atoms with E-state index in [1.807, 2.05) is 0 Å². The number of amides is 3. The molecule has 2 aliphatic rings. The molecule has 0 radical (unpaired) electrons. The van der Waals surface area contributed by atoms with Crippen molar-refractivity contribution in [3.63, 3.8) is 0 Å². The van der Waals surface area contributed by atoms with Crippen molar-refractivity contribution in [1.82, 2.24) is 4.57 Å². The van der Waals surface area contributed by atoms with Gasteiger partial charge in [0.05, 0.1) is 23.7 Å². The number of hydrogen-bond donors (Lipinski definition) is 1. The van der Waals surface area contributed by atoms with E-state index < -0.39 is 34.7 Å². The number of carbonyl (C=O) groups excluding carboxylic acids is 3. The number of ether oxygens (including phenoxy) is 1. The summed E-state index contributed by atoms with van der Waals surface area (Å²) >= 11 is 5.44. The molecule has 3 atom stereocenters. The molecule has 4 aromatic rings. The molecule has 1 fully saturated rings. The minimum absolute atomic E-state index is 0.282. The van der Waals surface area contributed by atoms with Gasteiger partial charge in [0.1, 0.15) is 23.4 Å². The number of fused-ring (bicyclic) bond motifs is 2. The van der Waals surface area contributed by atoms with Crippen molar-refractivity contribution in [3.8, 4) is 5.75 Å². The maximum absolute atomic E-state index is 13.9. The highest BCUT2D eigenvalue weighted by atomic mass is 79.9. The average Bonchev–Trinajstić information content (AvgIpc) is 3.40. The number of aromatic nitrogens is 1. The van der Waals surface area contributed by atoms with Gasteiger partial charge in [-0.25, -0.2) is 9.29 Å². The van der Waals surface area contributed by atoms with Crippen LogP contribution in [0.1, 0.15) is 16.4 Å². The molecule has 3 heterocycles. The number of nitrogens with one attached hydrogen (secondary N) is 1.